The number of piperidine rings is 1. The lowest BCUT2D eigenvalue weighted by Crippen LogP contribution is -2.46. The van der Waals surface area contributed by atoms with Gasteiger partial charge in [0.15, 0.2) is 0 Å². The van der Waals surface area contributed by atoms with Gasteiger partial charge in [-0.1, -0.05) is 12.8 Å². The van der Waals surface area contributed by atoms with Gasteiger partial charge in [-0.25, -0.2) is 8.42 Å². The van der Waals surface area contributed by atoms with Crippen LogP contribution in [0.4, 0.5) is 0 Å². The number of likely N-dealkylation sites (tertiary alicyclic amines) is 1. The molecule has 1 amide bonds. The maximum atomic E-state index is 12.8. The minimum absolute atomic E-state index is 0.143. The SMILES string of the molecule is O=C([C@@H]1CCCN(S(=O)(=O)c2ccc(Br)s2)C1)N1CCCCCC1. The smallest absolute Gasteiger partial charge is 0.252 e. The van der Waals surface area contributed by atoms with E-state index >= 15 is 0 Å². The van der Waals surface area contributed by atoms with Gasteiger partial charge in [-0.15, -0.1) is 11.3 Å². The molecule has 0 aromatic carbocycles. The van der Waals surface area contributed by atoms with Crippen LogP contribution in [0.3, 0.4) is 0 Å². The Labute approximate surface area is 156 Å². The van der Waals surface area contributed by atoms with Crippen molar-refractivity contribution in [3.8, 4) is 0 Å². The summed E-state index contributed by atoms with van der Waals surface area (Å²) < 4.78 is 28.2. The van der Waals surface area contributed by atoms with Crippen LogP contribution in [0.25, 0.3) is 0 Å². The van der Waals surface area contributed by atoms with Gasteiger partial charge in [0.25, 0.3) is 10.0 Å². The van der Waals surface area contributed by atoms with E-state index in [0.717, 1.165) is 42.6 Å². The molecule has 0 bridgehead atoms. The first-order valence-electron chi connectivity index (χ1n) is 8.53. The standard InChI is InChI=1S/C16H23BrN2O3S2/c17-14-7-8-15(23-14)24(21,22)19-11-5-6-13(12-19)16(20)18-9-3-1-2-4-10-18/h7-8,13H,1-6,9-12H2/t13-/m1/s1. The van der Waals surface area contributed by atoms with Crippen molar-refractivity contribution >= 4 is 43.2 Å². The first-order valence-corrected chi connectivity index (χ1v) is 11.6. The lowest BCUT2D eigenvalue weighted by atomic mass is 9.98. The van der Waals surface area contributed by atoms with Crippen molar-refractivity contribution in [1.29, 1.82) is 0 Å². The Morgan fingerprint density at radius 1 is 1.08 bits per heavy atom. The van der Waals surface area contributed by atoms with Gasteiger partial charge in [0.1, 0.15) is 4.21 Å². The van der Waals surface area contributed by atoms with E-state index in [1.165, 1.54) is 28.5 Å². The van der Waals surface area contributed by atoms with Crippen molar-refractivity contribution < 1.29 is 13.2 Å². The Bertz CT molecular complexity index is 681. The number of carbonyl (C=O) groups excluding carboxylic acids is 1. The summed E-state index contributed by atoms with van der Waals surface area (Å²) in [4.78, 5) is 14.8. The molecule has 5 nitrogen and oxygen atoms in total. The molecule has 0 saturated carbocycles. The Kier molecular flexibility index (Phi) is 6.00. The molecule has 2 fully saturated rings. The van der Waals surface area contributed by atoms with Crippen LogP contribution in [0.1, 0.15) is 38.5 Å². The largest absolute Gasteiger partial charge is 0.342 e. The Morgan fingerprint density at radius 3 is 2.42 bits per heavy atom. The minimum Gasteiger partial charge on any atom is -0.342 e. The van der Waals surface area contributed by atoms with E-state index in [2.05, 4.69) is 15.9 Å². The zero-order valence-corrected chi connectivity index (χ0v) is 16.8. The van der Waals surface area contributed by atoms with E-state index in [1.807, 2.05) is 4.90 Å². The number of carbonyl (C=O) groups is 1. The molecule has 0 N–H and O–H groups in total. The van der Waals surface area contributed by atoms with Crippen LogP contribution >= 0.6 is 27.3 Å². The average molecular weight is 435 g/mol. The molecule has 24 heavy (non-hydrogen) atoms. The number of hydrogen-bond donors (Lipinski definition) is 0. The molecule has 134 valence electrons. The molecule has 2 aliphatic rings. The maximum Gasteiger partial charge on any atom is 0.252 e. The average Bonchev–Trinajstić information content (AvgIpc) is 2.86. The van der Waals surface area contributed by atoms with Gasteiger partial charge < -0.3 is 4.90 Å². The third-order valence-corrected chi connectivity index (χ3v) is 8.75. The van der Waals surface area contributed by atoms with Crippen molar-refractivity contribution in [2.45, 2.75) is 42.7 Å². The highest BCUT2D eigenvalue weighted by atomic mass is 79.9. The summed E-state index contributed by atoms with van der Waals surface area (Å²) in [5.74, 6) is -0.0563. The number of halogens is 1. The van der Waals surface area contributed by atoms with E-state index in [1.54, 1.807) is 12.1 Å². The fourth-order valence-corrected chi connectivity index (χ4v) is 7.16. The summed E-state index contributed by atoms with van der Waals surface area (Å²) in [7, 11) is -3.49. The molecule has 0 aliphatic carbocycles. The predicted octanol–water partition coefficient (Wildman–Crippen LogP) is 3.31. The first kappa shape index (κ1) is 18.4. The lowest BCUT2D eigenvalue weighted by Gasteiger charge is -2.33. The summed E-state index contributed by atoms with van der Waals surface area (Å²) in [6, 6.07) is 3.38. The second-order valence-electron chi connectivity index (χ2n) is 6.50. The van der Waals surface area contributed by atoms with Crippen molar-refractivity contribution in [2.75, 3.05) is 26.2 Å². The van der Waals surface area contributed by atoms with Crippen molar-refractivity contribution in [1.82, 2.24) is 9.21 Å². The zero-order valence-electron chi connectivity index (χ0n) is 13.6. The van der Waals surface area contributed by atoms with Gasteiger partial charge in [0, 0.05) is 26.2 Å². The summed E-state index contributed by atoms with van der Waals surface area (Å²) in [5, 5.41) is 0. The van der Waals surface area contributed by atoms with Crippen LogP contribution in [0.5, 0.6) is 0 Å². The van der Waals surface area contributed by atoms with E-state index in [-0.39, 0.29) is 11.8 Å². The molecule has 0 radical (unpaired) electrons. The fraction of sp³-hybridized carbons (Fsp3) is 0.688. The lowest BCUT2D eigenvalue weighted by molar-refractivity contribution is -0.136. The van der Waals surface area contributed by atoms with Gasteiger partial charge in [-0.05, 0) is 53.7 Å². The van der Waals surface area contributed by atoms with Crippen LogP contribution in [0.15, 0.2) is 20.1 Å². The molecule has 0 unspecified atom stereocenters. The quantitative estimate of drug-likeness (QED) is 0.732. The van der Waals surface area contributed by atoms with E-state index < -0.39 is 10.0 Å². The normalized spacial score (nSPS) is 23.9. The second-order valence-corrected chi connectivity index (χ2v) is 11.1. The van der Waals surface area contributed by atoms with Crippen molar-refractivity contribution in [3.63, 3.8) is 0 Å². The predicted molar refractivity (Wildman–Crippen MR) is 98.5 cm³/mol. The highest BCUT2D eigenvalue weighted by Crippen LogP contribution is 2.31. The molecule has 1 aromatic rings. The summed E-state index contributed by atoms with van der Waals surface area (Å²) in [6.45, 7) is 2.45. The minimum atomic E-state index is -3.49. The Morgan fingerprint density at radius 2 is 1.79 bits per heavy atom. The number of amides is 1. The van der Waals surface area contributed by atoms with Gasteiger partial charge in [-0.2, -0.15) is 4.31 Å². The molecule has 3 rings (SSSR count). The Hall–Kier alpha value is -0.440. The van der Waals surface area contributed by atoms with Crippen LogP contribution in [-0.4, -0.2) is 49.7 Å². The van der Waals surface area contributed by atoms with Gasteiger partial charge in [-0.3, -0.25) is 4.79 Å². The zero-order chi connectivity index (χ0) is 17.2. The summed E-state index contributed by atoms with van der Waals surface area (Å²) in [6.07, 6.45) is 6.02. The molecular weight excluding hydrogens is 412 g/mol. The van der Waals surface area contributed by atoms with Crippen LogP contribution in [0, 0.1) is 5.92 Å². The highest BCUT2D eigenvalue weighted by Gasteiger charge is 2.35. The number of nitrogens with zero attached hydrogens (tertiary/aromatic N) is 2. The number of hydrogen-bond acceptors (Lipinski definition) is 4. The van der Waals surface area contributed by atoms with Gasteiger partial charge >= 0.3 is 0 Å². The number of sulfonamides is 1. The highest BCUT2D eigenvalue weighted by molar-refractivity contribution is 9.11. The molecule has 8 heteroatoms. The third kappa shape index (κ3) is 4.03. The fourth-order valence-electron chi connectivity index (χ4n) is 3.48. The van der Waals surface area contributed by atoms with Crippen molar-refractivity contribution in [3.05, 3.63) is 15.9 Å². The van der Waals surface area contributed by atoms with E-state index in [9.17, 15) is 13.2 Å². The molecule has 2 saturated heterocycles. The molecule has 3 heterocycles. The number of thiophene rings is 1. The third-order valence-electron chi connectivity index (χ3n) is 4.79. The van der Waals surface area contributed by atoms with E-state index in [4.69, 9.17) is 0 Å². The van der Waals surface area contributed by atoms with Crippen LogP contribution in [0.2, 0.25) is 0 Å². The molecule has 0 spiro atoms. The van der Waals surface area contributed by atoms with Crippen LogP contribution < -0.4 is 0 Å². The van der Waals surface area contributed by atoms with E-state index in [0.29, 0.717) is 17.3 Å². The molecule has 1 aromatic heterocycles. The molecular formula is C16H23BrN2O3S2. The topological polar surface area (TPSA) is 57.7 Å². The maximum absolute atomic E-state index is 12.8. The van der Waals surface area contributed by atoms with Crippen molar-refractivity contribution in [2.24, 2.45) is 5.92 Å². The summed E-state index contributed by atoms with van der Waals surface area (Å²) >= 11 is 4.54. The van der Waals surface area contributed by atoms with Crippen LogP contribution in [-0.2, 0) is 14.8 Å². The first-order chi connectivity index (χ1) is 11.5. The van der Waals surface area contributed by atoms with Gasteiger partial charge in [0.05, 0.1) is 9.70 Å². The summed E-state index contributed by atoms with van der Waals surface area (Å²) in [5.41, 5.74) is 0. The number of rotatable bonds is 3. The monoisotopic (exact) mass is 434 g/mol. The molecule has 2 aliphatic heterocycles. The second kappa shape index (κ2) is 7.85. The Balaban J connectivity index is 1.70. The van der Waals surface area contributed by atoms with Gasteiger partial charge in [0.2, 0.25) is 5.91 Å². The molecule has 1 atom stereocenters.